The van der Waals surface area contributed by atoms with Gasteiger partial charge in [0.1, 0.15) is 0 Å². The number of hydrogen-bond acceptors (Lipinski definition) is 1. The minimum absolute atomic E-state index is 0.0423. The van der Waals surface area contributed by atoms with Crippen LogP contribution in [0.3, 0.4) is 0 Å². The highest BCUT2D eigenvalue weighted by atomic mass is 16.1. The van der Waals surface area contributed by atoms with Gasteiger partial charge in [-0.25, -0.2) is 0 Å². The summed E-state index contributed by atoms with van der Waals surface area (Å²) in [7, 11) is 0. The molecule has 0 radical (unpaired) electrons. The zero-order valence-electron chi connectivity index (χ0n) is 10.9. The van der Waals surface area contributed by atoms with E-state index in [0.717, 1.165) is 12.8 Å². The average molecular weight is 243 g/mol. The molecule has 1 aromatic carbocycles. The van der Waals surface area contributed by atoms with Gasteiger partial charge >= 0.3 is 0 Å². The molecule has 0 heterocycles. The Morgan fingerprint density at radius 3 is 2.44 bits per heavy atom. The van der Waals surface area contributed by atoms with Crippen LogP contribution in [0.5, 0.6) is 0 Å². The first-order valence-electron chi connectivity index (χ1n) is 6.77. The van der Waals surface area contributed by atoms with E-state index in [4.69, 9.17) is 0 Å². The van der Waals surface area contributed by atoms with Gasteiger partial charge in [-0.2, -0.15) is 0 Å². The van der Waals surface area contributed by atoms with E-state index < -0.39 is 0 Å². The first kappa shape index (κ1) is 12.9. The van der Waals surface area contributed by atoms with E-state index in [1.165, 1.54) is 18.4 Å². The molecule has 1 aromatic rings. The van der Waals surface area contributed by atoms with E-state index >= 15 is 0 Å². The van der Waals surface area contributed by atoms with E-state index in [2.05, 4.69) is 35.6 Å². The van der Waals surface area contributed by atoms with Gasteiger partial charge in [0, 0.05) is 6.04 Å². The molecule has 0 aliphatic heterocycles. The van der Waals surface area contributed by atoms with Crippen LogP contribution in [0.1, 0.15) is 44.1 Å². The Bertz CT molecular complexity index is 402. The van der Waals surface area contributed by atoms with E-state index in [9.17, 15) is 4.79 Å². The van der Waals surface area contributed by atoms with Gasteiger partial charge in [0.05, 0.1) is 0 Å². The van der Waals surface area contributed by atoms with Crippen molar-refractivity contribution in [3.63, 3.8) is 0 Å². The number of carbonyl (C=O) groups is 1. The normalized spacial score (nSPS) is 24.1. The number of hydrogen-bond donors (Lipinski definition) is 1. The van der Waals surface area contributed by atoms with E-state index in [0.29, 0.717) is 12.0 Å². The van der Waals surface area contributed by atoms with Crippen LogP contribution in [-0.2, 0) is 4.79 Å². The van der Waals surface area contributed by atoms with Crippen molar-refractivity contribution in [1.82, 2.24) is 5.32 Å². The van der Waals surface area contributed by atoms with Gasteiger partial charge in [0.2, 0.25) is 5.91 Å². The highest BCUT2D eigenvalue weighted by molar-refractivity contribution is 5.87. The van der Waals surface area contributed by atoms with Crippen LogP contribution in [0, 0.1) is 0 Å². The lowest BCUT2D eigenvalue weighted by atomic mass is 9.82. The molecule has 2 rings (SSSR count). The number of carbonyl (C=O) groups excluding carboxylic acids is 1. The molecule has 1 amide bonds. The van der Waals surface area contributed by atoms with Crippen LogP contribution in [-0.4, -0.2) is 11.9 Å². The van der Waals surface area contributed by atoms with Crippen molar-refractivity contribution in [2.24, 2.45) is 0 Å². The molecule has 1 saturated carbocycles. The molecule has 96 valence electrons. The first-order chi connectivity index (χ1) is 8.79. The fourth-order valence-corrected chi connectivity index (χ4v) is 2.70. The van der Waals surface area contributed by atoms with Gasteiger partial charge < -0.3 is 5.32 Å². The number of rotatable bonds is 3. The lowest BCUT2D eigenvalue weighted by molar-refractivity contribution is -0.117. The Morgan fingerprint density at radius 2 is 1.83 bits per heavy atom. The fraction of sp³-hybridized carbons (Fsp3) is 0.438. The molecule has 1 N–H and O–H groups in total. The van der Waals surface area contributed by atoms with Crippen LogP contribution < -0.4 is 5.32 Å². The molecule has 18 heavy (non-hydrogen) atoms. The first-order valence-corrected chi connectivity index (χ1v) is 6.77. The smallest absolute Gasteiger partial charge is 0.243 e. The second-order valence-electron chi connectivity index (χ2n) is 4.97. The fourth-order valence-electron chi connectivity index (χ4n) is 2.70. The van der Waals surface area contributed by atoms with Crippen molar-refractivity contribution in [2.75, 3.05) is 0 Å². The van der Waals surface area contributed by atoms with Crippen LogP contribution in [0.15, 0.2) is 42.5 Å². The van der Waals surface area contributed by atoms with Crippen molar-refractivity contribution in [1.29, 1.82) is 0 Å². The Hall–Kier alpha value is -1.57. The Balaban J connectivity index is 1.83. The molecule has 0 unspecified atom stereocenters. The maximum Gasteiger partial charge on any atom is 0.243 e. The minimum atomic E-state index is 0.0423. The summed E-state index contributed by atoms with van der Waals surface area (Å²) in [5.41, 5.74) is 1.44. The highest BCUT2D eigenvalue weighted by Gasteiger charge is 2.22. The summed E-state index contributed by atoms with van der Waals surface area (Å²) < 4.78 is 0. The maximum atomic E-state index is 11.5. The summed E-state index contributed by atoms with van der Waals surface area (Å²) >= 11 is 0. The van der Waals surface area contributed by atoms with Crippen molar-refractivity contribution >= 4 is 5.91 Å². The molecule has 1 aliphatic carbocycles. The molecule has 1 aliphatic rings. The molecule has 2 nitrogen and oxygen atoms in total. The number of nitrogens with one attached hydrogen (secondary N) is 1. The summed E-state index contributed by atoms with van der Waals surface area (Å²) in [6.07, 6.45) is 7.90. The second-order valence-corrected chi connectivity index (χ2v) is 4.97. The van der Waals surface area contributed by atoms with Gasteiger partial charge in [-0.1, -0.05) is 36.4 Å². The van der Waals surface area contributed by atoms with Crippen molar-refractivity contribution in [3.8, 4) is 0 Å². The van der Waals surface area contributed by atoms with Gasteiger partial charge in [-0.15, -0.1) is 0 Å². The van der Waals surface area contributed by atoms with E-state index in [1.807, 2.05) is 6.92 Å². The summed E-state index contributed by atoms with van der Waals surface area (Å²) in [4.78, 5) is 11.5. The Morgan fingerprint density at radius 1 is 1.17 bits per heavy atom. The minimum Gasteiger partial charge on any atom is -0.350 e. The molecular formula is C16H21NO. The summed E-state index contributed by atoms with van der Waals surface area (Å²) in [6, 6.07) is 11.1. The quantitative estimate of drug-likeness (QED) is 0.810. The van der Waals surface area contributed by atoms with Crippen LogP contribution >= 0.6 is 0 Å². The molecule has 0 spiro atoms. The topological polar surface area (TPSA) is 29.1 Å². The summed E-state index contributed by atoms with van der Waals surface area (Å²) in [5, 5.41) is 3.07. The predicted octanol–water partition coefficient (Wildman–Crippen LogP) is 3.41. The van der Waals surface area contributed by atoms with E-state index in [1.54, 1.807) is 12.2 Å². The van der Waals surface area contributed by atoms with Gasteiger partial charge in [0.15, 0.2) is 0 Å². The van der Waals surface area contributed by atoms with Crippen LogP contribution in [0.4, 0.5) is 0 Å². The lowest BCUT2D eigenvalue weighted by Gasteiger charge is -2.29. The molecule has 0 saturated heterocycles. The number of benzene rings is 1. The predicted molar refractivity (Wildman–Crippen MR) is 74.4 cm³/mol. The molecule has 2 heteroatoms. The molecule has 0 aromatic heterocycles. The lowest BCUT2D eigenvalue weighted by Crippen LogP contribution is -2.36. The van der Waals surface area contributed by atoms with Crippen molar-refractivity contribution < 1.29 is 4.79 Å². The zero-order valence-corrected chi connectivity index (χ0v) is 10.9. The monoisotopic (exact) mass is 243 g/mol. The molecule has 0 bridgehead atoms. The molecule has 0 atom stereocenters. The Labute approximate surface area is 109 Å². The Kier molecular flexibility index (Phi) is 4.57. The number of amides is 1. The van der Waals surface area contributed by atoms with E-state index in [-0.39, 0.29) is 5.91 Å². The van der Waals surface area contributed by atoms with Crippen molar-refractivity contribution in [3.05, 3.63) is 48.0 Å². The highest BCUT2D eigenvalue weighted by Crippen LogP contribution is 2.32. The van der Waals surface area contributed by atoms with Gasteiger partial charge in [-0.05, 0) is 50.2 Å². The average Bonchev–Trinajstić information content (AvgIpc) is 2.41. The van der Waals surface area contributed by atoms with Crippen LogP contribution in [0.2, 0.25) is 0 Å². The van der Waals surface area contributed by atoms with Crippen LogP contribution in [0.25, 0.3) is 0 Å². The molecule has 1 fully saturated rings. The largest absolute Gasteiger partial charge is 0.350 e. The zero-order chi connectivity index (χ0) is 12.8. The maximum absolute atomic E-state index is 11.5. The summed E-state index contributed by atoms with van der Waals surface area (Å²) in [5.74, 6) is 0.710. The SMILES string of the molecule is CC=CC(=O)NC1CCC(c2ccccc2)CC1. The second kappa shape index (κ2) is 6.39. The number of allylic oxidation sites excluding steroid dienone is 1. The third kappa shape index (κ3) is 3.46. The van der Waals surface area contributed by atoms with Gasteiger partial charge in [0.25, 0.3) is 0 Å². The third-order valence-corrected chi connectivity index (χ3v) is 3.66. The third-order valence-electron chi connectivity index (χ3n) is 3.66. The molecular weight excluding hydrogens is 222 g/mol. The summed E-state index contributed by atoms with van der Waals surface area (Å²) in [6.45, 7) is 1.87. The van der Waals surface area contributed by atoms with Crippen molar-refractivity contribution in [2.45, 2.75) is 44.6 Å². The van der Waals surface area contributed by atoms with Gasteiger partial charge in [-0.3, -0.25) is 4.79 Å². The standard InChI is InChI=1S/C16H21NO/c1-2-6-16(18)17-15-11-9-14(10-12-15)13-7-4-3-5-8-13/h2-8,14-15H,9-12H2,1H3,(H,17,18).